The van der Waals surface area contributed by atoms with Gasteiger partial charge in [0.1, 0.15) is 23.7 Å². The van der Waals surface area contributed by atoms with E-state index in [2.05, 4.69) is 5.32 Å². The molecule has 1 aliphatic rings. The van der Waals surface area contributed by atoms with Crippen molar-refractivity contribution in [3.8, 4) is 0 Å². The molecule has 0 aromatic carbocycles. The Morgan fingerprint density at radius 1 is 1.43 bits per heavy atom. The van der Waals surface area contributed by atoms with Crippen LogP contribution in [0.5, 0.6) is 0 Å². The zero-order valence-electron chi connectivity index (χ0n) is 11.6. The first kappa shape index (κ1) is 20.9. The second kappa shape index (κ2) is 9.80. The monoisotopic (exact) mass is 346 g/mol. The SMILES string of the molecule is CC(=O)NC1C(SCC(O)CN)OC(CO)C(O)C1O.Cl. The summed E-state index contributed by atoms with van der Waals surface area (Å²) in [6.45, 7) is 0.911. The molecule has 1 heterocycles. The number of hydrogen-bond donors (Lipinski definition) is 6. The molecule has 0 spiro atoms. The van der Waals surface area contributed by atoms with Gasteiger partial charge in [-0.2, -0.15) is 0 Å². The number of hydrogen-bond acceptors (Lipinski definition) is 8. The minimum absolute atomic E-state index is 0. The summed E-state index contributed by atoms with van der Waals surface area (Å²) in [5.41, 5.74) is 4.60. The molecule has 1 saturated heterocycles. The molecule has 6 atom stereocenters. The first-order valence-corrected chi connectivity index (χ1v) is 7.34. The van der Waals surface area contributed by atoms with Crippen molar-refractivity contribution in [1.29, 1.82) is 0 Å². The standard InChI is InChI=1S/C11H22N2O6S.ClH/c1-5(15)13-8-10(18)9(17)7(3-14)19-11(8)20-4-6(16)2-12;/h6-11,14,16-18H,2-4,12H2,1H3,(H,13,15);1H. The molecule has 10 heteroatoms. The van der Waals surface area contributed by atoms with Gasteiger partial charge in [0.2, 0.25) is 5.91 Å². The summed E-state index contributed by atoms with van der Waals surface area (Å²) in [5.74, 6) is -0.129. The second-order valence-electron chi connectivity index (χ2n) is 4.66. The predicted molar refractivity (Wildman–Crippen MR) is 80.1 cm³/mol. The summed E-state index contributed by atoms with van der Waals surface area (Å²) < 4.78 is 5.46. The van der Waals surface area contributed by atoms with Crippen molar-refractivity contribution < 1.29 is 30.0 Å². The Balaban J connectivity index is 0.00000400. The third-order valence-corrected chi connectivity index (χ3v) is 4.29. The molecule has 0 aromatic heterocycles. The van der Waals surface area contributed by atoms with E-state index in [9.17, 15) is 20.1 Å². The Morgan fingerprint density at radius 2 is 2.05 bits per heavy atom. The average molecular weight is 347 g/mol. The van der Waals surface area contributed by atoms with Crippen molar-refractivity contribution in [2.45, 2.75) is 42.8 Å². The van der Waals surface area contributed by atoms with Gasteiger partial charge in [0.05, 0.1) is 18.8 Å². The maximum Gasteiger partial charge on any atom is 0.217 e. The first-order chi connectivity index (χ1) is 9.40. The first-order valence-electron chi connectivity index (χ1n) is 6.30. The van der Waals surface area contributed by atoms with Crippen LogP contribution < -0.4 is 11.1 Å². The highest BCUT2D eigenvalue weighted by molar-refractivity contribution is 7.99. The summed E-state index contributed by atoms with van der Waals surface area (Å²) >= 11 is 1.16. The zero-order valence-corrected chi connectivity index (χ0v) is 13.2. The summed E-state index contributed by atoms with van der Waals surface area (Å²) in [5, 5.41) is 40.9. The van der Waals surface area contributed by atoms with Crippen LogP contribution in [-0.4, -0.2) is 81.1 Å². The predicted octanol–water partition coefficient (Wildman–Crippen LogP) is -2.60. The molecular formula is C11H23ClN2O6S. The zero-order chi connectivity index (χ0) is 15.3. The molecule has 1 amide bonds. The number of aliphatic hydroxyl groups excluding tert-OH is 4. The maximum atomic E-state index is 11.2. The summed E-state index contributed by atoms with van der Waals surface area (Å²) in [4.78, 5) is 11.2. The van der Waals surface area contributed by atoms with Crippen molar-refractivity contribution >= 4 is 30.1 Å². The van der Waals surface area contributed by atoms with E-state index in [1.165, 1.54) is 6.92 Å². The number of amides is 1. The van der Waals surface area contributed by atoms with E-state index in [1.807, 2.05) is 0 Å². The fourth-order valence-corrected chi connectivity index (χ4v) is 3.09. The molecular weight excluding hydrogens is 324 g/mol. The highest BCUT2D eigenvalue weighted by Gasteiger charge is 2.44. The van der Waals surface area contributed by atoms with Crippen LogP contribution in [0.2, 0.25) is 0 Å². The highest BCUT2D eigenvalue weighted by atomic mass is 35.5. The van der Waals surface area contributed by atoms with Crippen LogP contribution in [0, 0.1) is 0 Å². The van der Waals surface area contributed by atoms with E-state index in [0.717, 1.165) is 11.8 Å². The quantitative estimate of drug-likeness (QED) is 0.307. The topological polar surface area (TPSA) is 145 Å². The van der Waals surface area contributed by atoms with E-state index >= 15 is 0 Å². The molecule has 0 bridgehead atoms. The van der Waals surface area contributed by atoms with E-state index in [0.29, 0.717) is 0 Å². The van der Waals surface area contributed by atoms with Gasteiger partial charge in [-0.15, -0.1) is 24.2 Å². The lowest BCUT2D eigenvalue weighted by Gasteiger charge is -2.42. The van der Waals surface area contributed by atoms with Crippen LogP contribution in [0.1, 0.15) is 6.92 Å². The lowest BCUT2D eigenvalue weighted by atomic mass is 9.98. The molecule has 8 nitrogen and oxygen atoms in total. The van der Waals surface area contributed by atoms with Crippen molar-refractivity contribution in [3.05, 3.63) is 0 Å². The minimum atomic E-state index is -1.30. The lowest BCUT2D eigenvalue weighted by Crippen LogP contribution is -2.63. The number of nitrogens with two attached hydrogens (primary N) is 1. The molecule has 0 saturated carbocycles. The van der Waals surface area contributed by atoms with Gasteiger partial charge in [-0.25, -0.2) is 0 Å². The lowest BCUT2D eigenvalue weighted by molar-refractivity contribution is -0.173. The van der Waals surface area contributed by atoms with Crippen molar-refractivity contribution in [2.24, 2.45) is 5.73 Å². The molecule has 1 fully saturated rings. The summed E-state index contributed by atoms with van der Waals surface area (Å²) in [7, 11) is 0. The third kappa shape index (κ3) is 5.87. The van der Waals surface area contributed by atoms with Crippen LogP contribution in [0.3, 0.4) is 0 Å². The number of carbonyl (C=O) groups is 1. The highest BCUT2D eigenvalue weighted by Crippen LogP contribution is 2.28. The van der Waals surface area contributed by atoms with Gasteiger partial charge >= 0.3 is 0 Å². The fraction of sp³-hybridized carbons (Fsp3) is 0.909. The molecule has 0 radical (unpaired) electrons. The normalized spacial score (nSPS) is 33.9. The van der Waals surface area contributed by atoms with Crippen molar-refractivity contribution in [1.82, 2.24) is 5.32 Å². The van der Waals surface area contributed by atoms with E-state index in [1.54, 1.807) is 0 Å². The Kier molecular flexibility index (Phi) is 9.74. The van der Waals surface area contributed by atoms with E-state index < -0.39 is 42.5 Å². The largest absolute Gasteiger partial charge is 0.394 e. The third-order valence-electron chi connectivity index (χ3n) is 2.98. The Morgan fingerprint density at radius 3 is 2.52 bits per heavy atom. The average Bonchev–Trinajstić information content (AvgIpc) is 2.42. The molecule has 6 unspecified atom stereocenters. The van der Waals surface area contributed by atoms with Crippen molar-refractivity contribution in [3.63, 3.8) is 0 Å². The van der Waals surface area contributed by atoms with Gasteiger partial charge in [-0.1, -0.05) is 0 Å². The molecule has 126 valence electrons. The Hall–Kier alpha value is -0.130. The summed E-state index contributed by atoms with van der Waals surface area (Å²) in [6.07, 6.45) is -4.24. The van der Waals surface area contributed by atoms with Crippen LogP contribution in [-0.2, 0) is 9.53 Å². The molecule has 1 rings (SSSR count). The molecule has 1 aliphatic heterocycles. The number of halogens is 1. The van der Waals surface area contributed by atoms with Crippen LogP contribution in [0.15, 0.2) is 0 Å². The van der Waals surface area contributed by atoms with Gasteiger partial charge in [0.25, 0.3) is 0 Å². The van der Waals surface area contributed by atoms with E-state index in [-0.39, 0.29) is 30.6 Å². The second-order valence-corrected chi connectivity index (χ2v) is 5.79. The van der Waals surface area contributed by atoms with Crippen molar-refractivity contribution in [2.75, 3.05) is 18.9 Å². The van der Waals surface area contributed by atoms with Gasteiger partial charge < -0.3 is 36.2 Å². The van der Waals surface area contributed by atoms with Crippen LogP contribution >= 0.6 is 24.2 Å². The molecule has 7 N–H and O–H groups in total. The number of nitrogens with one attached hydrogen (secondary N) is 1. The number of aliphatic hydroxyl groups is 4. The molecule has 21 heavy (non-hydrogen) atoms. The van der Waals surface area contributed by atoms with Gasteiger partial charge in [-0.05, 0) is 0 Å². The maximum absolute atomic E-state index is 11.2. The molecule has 0 aromatic rings. The van der Waals surface area contributed by atoms with Gasteiger partial charge in [0.15, 0.2) is 0 Å². The minimum Gasteiger partial charge on any atom is -0.394 e. The number of rotatable bonds is 6. The smallest absolute Gasteiger partial charge is 0.217 e. The fourth-order valence-electron chi connectivity index (χ4n) is 1.89. The van der Waals surface area contributed by atoms with Gasteiger partial charge in [0, 0.05) is 19.2 Å². The van der Waals surface area contributed by atoms with Crippen LogP contribution in [0.25, 0.3) is 0 Å². The number of carbonyl (C=O) groups excluding carboxylic acids is 1. The number of thioether (sulfide) groups is 1. The van der Waals surface area contributed by atoms with Gasteiger partial charge in [-0.3, -0.25) is 4.79 Å². The van der Waals surface area contributed by atoms with Crippen LogP contribution in [0.4, 0.5) is 0 Å². The van der Waals surface area contributed by atoms with E-state index in [4.69, 9.17) is 15.6 Å². The summed E-state index contributed by atoms with van der Waals surface area (Å²) in [6, 6.07) is -0.833. The number of ether oxygens (including phenoxy) is 1. The Labute approximate surface area is 133 Å². The molecule has 0 aliphatic carbocycles. The Bertz CT molecular complexity index is 327.